The van der Waals surface area contributed by atoms with Gasteiger partial charge in [0.15, 0.2) is 0 Å². The lowest BCUT2D eigenvalue weighted by atomic mass is 9.99. The minimum Gasteiger partial charge on any atom is -0.366 e. The molecule has 1 aliphatic carbocycles. The lowest BCUT2D eigenvalue weighted by Gasteiger charge is -2.31. The van der Waals surface area contributed by atoms with Crippen LogP contribution >= 0.6 is 0 Å². The van der Waals surface area contributed by atoms with Crippen LogP contribution < -0.4 is 5.73 Å². The number of aryl methyl sites for hydroxylation is 1. The van der Waals surface area contributed by atoms with Crippen LogP contribution in [0.5, 0.6) is 0 Å². The Morgan fingerprint density at radius 1 is 1.06 bits per heavy atom. The fourth-order valence-corrected chi connectivity index (χ4v) is 4.39. The minimum atomic E-state index is -0.533. The highest BCUT2D eigenvalue weighted by atomic mass is 19.1. The summed E-state index contributed by atoms with van der Waals surface area (Å²) in [7, 11) is 0. The highest BCUT2D eigenvalue weighted by molar-refractivity contribution is 5.96. The second kappa shape index (κ2) is 8.72. The third-order valence-corrected chi connectivity index (χ3v) is 6.01. The van der Waals surface area contributed by atoms with Crippen molar-refractivity contribution in [2.24, 2.45) is 5.73 Å². The molecule has 3 aromatic carbocycles. The van der Waals surface area contributed by atoms with Gasteiger partial charge in [-0.25, -0.2) is 4.39 Å². The molecule has 0 unspecified atom stereocenters. The molecular weight excluding hydrogens is 391 g/mol. The monoisotopic (exact) mass is 416 g/mol. The maximum absolute atomic E-state index is 14.7. The Morgan fingerprint density at radius 3 is 2.48 bits per heavy atom. The van der Waals surface area contributed by atoms with Crippen LogP contribution in [-0.4, -0.2) is 16.7 Å². The average molecular weight is 416 g/mol. The third kappa shape index (κ3) is 4.08. The van der Waals surface area contributed by atoms with Gasteiger partial charge in [0.1, 0.15) is 5.82 Å². The normalized spacial score (nSPS) is 14.8. The van der Waals surface area contributed by atoms with Gasteiger partial charge in [-0.2, -0.15) is 0 Å². The molecule has 0 radical (unpaired) electrons. The molecule has 0 fully saturated rings. The van der Waals surface area contributed by atoms with Crippen LogP contribution in [0.4, 0.5) is 4.39 Å². The molecule has 0 saturated heterocycles. The SMILES string of the molecule is CCc1cc(F)c2c(c1)[C@H](N(Cc1ccccc1C(N)=O)C(=O)c1ccccc1)CC2. The van der Waals surface area contributed by atoms with E-state index in [4.69, 9.17) is 5.73 Å². The first-order chi connectivity index (χ1) is 15.0. The summed E-state index contributed by atoms with van der Waals surface area (Å²) in [5, 5.41) is 0. The van der Waals surface area contributed by atoms with Crippen molar-refractivity contribution in [1.82, 2.24) is 4.90 Å². The van der Waals surface area contributed by atoms with Crippen molar-refractivity contribution >= 4 is 11.8 Å². The molecule has 2 N–H and O–H groups in total. The summed E-state index contributed by atoms with van der Waals surface area (Å²) in [6.45, 7) is 2.20. The number of amides is 2. The molecule has 5 heteroatoms. The van der Waals surface area contributed by atoms with Crippen molar-refractivity contribution in [3.63, 3.8) is 0 Å². The third-order valence-electron chi connectivity index (χ3n) is 6.01. The summed E-state index contributed by atoms with van der Waals surface area (Å²) >= 11 is 0. The molecule has 158 valence electrons. The van der Waals surface area contributed by atoms with E-state index in [0.29, 0.717) is 41.5 Å². The predicted molar refractivity (Wildman–Crippen MR) is 118 cm³/mol. The molecule has 0 heterocycles. The van der Waals surface area contributed by atoms with E-state index in [-0.39, 0.29) is 24.3 Å². The van der Waals surface area contributed by atoms with Crippen LogP contribution in [0.15, 0.2) is 66.7 Å². The average Bonchev–Trinajstić information content (AvgIpc) is 3.22. The molecule has 31 heavy (non-hydrogen) atoms. The standard InChI is InChI=1S/C26H25FN2O2/c1-2-17-14-22-21(23(27)15-17)12-13-24(22)29(26(31)18-8-4-3-5-9-18)16-19-10-6-7-11-20(19)25(28)30/h3-11,14-15,24H,2,12-13,16H2,1H3,(H2,28,30)/t24-/m1/s1. The topological polar surface area (TPSA) is 63.4 Å². The Hall–Kier alpha value is -3.47. The van der Waals surface area contributed by atoms with Gasteiger partial charge in [0.05, 0.1) is 6.04 Å². The Morgan fingerprint density at radius 2 is 1.77 bits per heavy atom. The molecular formula is C26H25FN2O2. The van der Waals surface area contributed by atoms with Crippen molar-refractivity contribution in [2.45, 2.75) is 38.8 Å². The van der Waals surface area contributed by atoms with E-state index < -0.39 is 5.91 Å². The summed E-state index contributed by atoms with van der Waals surface area (Å²) in [5.41, 5.74) is 9.64. The highest BCUT2D eigenvalue weighted by Gasteiger charge is 2.34. The first-order valence-corrected chi connectivity index (χ1v) is 10.5. The minimum absolute atomic E-state index is 0.153. The molecule has 1 atom stereocenters. The summed E-state index contributed by atoms with van der Waals surface area (Å²) in [6, 6.07) is 19.4. The summed E-state index contributed by atoms with van der Waals surface area (Å²) in [4.78, 5) is 27.3. The Labute approximate surface area is 181 Å². The molecule has 2 amide bonds. The number of hydrogen-bond acceptors (Lipinski definition) is 2. The van der Waals surface area contributed by atoms with Crippen LogP contribution in [0.2, 0.25) is 0 Å². The van der Waals surface area contributed by atoms with Gasteiger partial charge in [0.25, 0.3) is 5.91 Å². The van der Waals surface area contributed by atoms with Gasteiger partial charge in [-0.05, 0) is 65.8 Å². The van der Waals surface area contributed by atoms with Crippen LogP contribution in [-0.2, 0) is 19.4 Å². The van der Waals surface area contributed by atoms with Crippen LogP contribution in [0, 0.1) is 5.82 Å². The quantitative estimate of drug-likeness (QED) is 0.626. The first kappa shape index (κ1) is 20.8. The molecule has 0 saturated carbocycles. The number of nitrogens with two attached hydrogens (primary N) is 1. The van der Waals surface area contributed by atoms with E-state index >= 15 is 0 Å². The number of carbonyl (C=O) groups is 2. The lowest BCUT2D eigenvalue weighted by Crippen LogP contribution is -2.34. The number of halogens is 1. The van der Waals surface area contributed by atoms with E-state index in [1.165, 1.54) is 0 Å². The Bertz CT molecular complexity index is 1130. The van der Waals surface area contributed by atoms with E-state index in [0.717, 1.165) is 11.1 Å². The zero-order valence-corrected chi connectivity index (χ0v) is 17.5. The molecule has 0 bridgehead atoms. The van der Waals surface area contributed by atoms with Crippen LogP contribution in [0.25, 0.3) is 0 Å². The van der Waals surface area contributed by atoms with Crippen LogP contribution in [0.1, 0.15) is 62.4 Å². The fraction of sp³-hybridized carbons (Fsp3) is 0.231. The van der Waals surface area contributed by atoms with E-state index in [1.807, 2.05) is 43.3 Å². The number of rotatable bonds is 6. The van der Waals surface area contributed by atoms with Gasteiger partial charge >= 0.3 is 0 Å². The maximum atomic E-state index is 14.7. The van der Waals surface area contributed by atoms with Gasteiger partial charge in [-0.3, -0.25) is 9.59 Å². The fourth-order valence-electron chi connectivity index (χ4n) is 4.39. The zero-order chi connectivity index (χ0) is 22.0. The van der Waals surface area contributed by atoms with Crippen molar-refractivity contribution in [3.8, 4) is 0 Å². The Balaban J connectivity index is 1.79. The summed E-state index contributed by atoms with van der Waals surface area (Å²) in [6.07, 6.45) is 1.93. The maximum Gasteiger partial charge on any atom is 0.254 e. The molecule has 4 nitrogen and oxygen atoms in total. The Kier molecular flexibility index (Phi) is 5.85. The lowest BCUT2D eigenvalue weighted by molar-refractivity contribution is 0.0656. The number of carbonyl (C=O) groups excluding carboxylic acids is 2. The number of hydrogen-bond donors (Lipinski definition) is 1. The van der Waals surface area contributed by atoms with E-state index in [9.17, 15) is 14.0 Å². The molecule has 0 aromatic heterocycles. The number of benzene rings is 3. The number of nitrogens with zero attached hydrogens (tertiary/aromatic N) is 1. The smallest absolute Gasteiger partial charge is 0.254 e. The number of primary amides is 1. The van der Waals surface area contributed by atoms with E-state index in [1.54, 1.807) is 35.2 Å². The summed E-state index contributed by atoms with van der Waals surface area (Å²) in [5.74, 6) is -0.893. The van der Waals surface area contributed by atoms with Crippen molar-refractivity contribution < 1.29 is 14.0 Å². The largest absolute Gasteiger partial charge is 0.366 e. The predicted octanol–water partition coefficient (Wildman–Crippen LogP) is 4.82. The van der Waals surface area contributed by atoms with Gasteiger partial charge in [-0.1, -0.05) is 49.4 Å². The molecule has 1 aliphatic rings. The molecule has 4 rings (SSSR count). The second-order valence-electron chi connectivity index (χ2n) is 7.87. The van der Waals surface area contributed by atoms with Crippen molar-refractivity contribution in [1.29, 1.82) is 0 Å². The molecule has 0 spiro atoms. The molecule has 0 aliphatic heterocycles. The van der Waals surface area contributed by atoms with Gasteiger partial charge in [0.2, 0.25) is 5.91 Å². The highest BCUT2D eigenvalue weighted by Crippen LogP contribution is 2.39. The number of fused-ring (bicyclic) bond motifs is 1. The van der Waals surface area contributed by atoms with Gasteiger partial charge < -0.3 is 10.6 Å². The van der Waals surface area contributed by atoms with Crippen LogP contribution in [0.3, 0.4) is 0 Å². The molecule has 3 aromatic rings. The van der Waals surface area contributed by atoms with Crippen molar-refractivity contribution in [2.75, 3.05) is 0 Å². The summed E-state index contributed by atoms with van der Waals surface area (Å²) < 4.78 is 14.7. The van der Waals surface area contributed by atoms with Crippen molar-refractivity contribution in [3.05, 3.63) is 106 Å². The van der Waals surface area contributed by atoms with Gasteiger partial charge in [0, 0.05) is 17.7 Å². The van der Waals surface area contributed by atoms with Gasteiger partial charge in [-0.15, -0.1) is 0 Å². The van der Waals surface area contributed by atoms with E-state index in [2.05, 4.69) is 0 Å². The second-order valence-corrected chi connectivity index (χ2v) is 7.87. The first-order valence-electron chi connectivity index (χ1n) is 10.5. The zero-order valence-electron chi connectivity index (χ0n) is 17.5.